The van der Waals surface area contributed by atoms with E-state index in [2.05, 4.69) is 26.3 Å². The van der Waals surface area contributed by atoms with Crippen molar-refractivity contribution in [3.8, 4) is 0 Å². The molecule has 0 N–H and O–H groups in total. The van der Waals surface area contributed by atoms with Gasteiger partial charge in [-0.3, -0.25) is 0 Å². The highest BCUT2D eigenvalue weighted by Crippen LogP contribution is 2.29. The average Bonchev–Trinajstić information content (AvgIpc) is 2.73. The molecule has 20 heavy (non-hydrogen) atoms. The van der Waals surface area contributed by atoms with Gasteiger partial charge in [-0.2, -0.15) is 0 Å². The lowest BCUT2D eigenvalue weighted by Gasteiger charge is -2.22. The molecule has 0 saturated heterocycles. The van der Waals surface area contributed by atoms with E-state index in [0.29, 0.717) is 0 Å². The van der Waals surface area contributed by atoms with Crippen LogP contribution in [0.3, 0.4) is 0 Å². The van der Waals surface area contributed by atoms with Crippen molar-refractivity contribution in [2.75, 3.05) is 6.61 Å². The number of hydrogen-bond donors (Lipinski definition) is 0. The average molecular weight is 280 g/mol. The molecular formula is C14H16O6. The molecule has 1 aliphatic rings. The third-order valence-electron chi connectivity index (χ3n) is 2.30. The normalized spacial score (nSPS) is 18.6. The summed E-state index contributed by atoms with van der Waals surface area (Å²) >= 11 is 0. The van der Waals surface area contributed by atoms with Crippen LogP contribution in [0, 0.1) is 0 Å². The van der Waals surface area contributed by atoms with Gasteiger partial charge < -0.3 is 23.7 Å². The van der Waals surface area contributed by atoms with Gasteiger partial charge in [-0.1, -0.05) is 26.3 Å². The fourth-order valence-electron chi connectivity index (χ4n) is 1.58. The molecule has 0 spiro atoms. The Morgan fingerprint density at radius 3 is 2.35 bits per heavy atom. The van der Waals surface area contributed by atoms with Gasteiger partial charge in [-0.05, 0) is 0 Å². The molecule has 2 unspecified atom stereocenters. The minimum absolute atomic E-state index is 0.0822. The second-order valence-corrected chi connectivity index (χ2v) is 3.43. The predicted octanol–water partition coefficient (Wildman–Crippen LogP) is 2.13. The summed E-state index contributed by atoms with van der Waals surface area (Å²) in [5.74, 6) is -0.673. The van der Waals surface area contributed by atoms with E-state index in [-0.39, 0.29) is 18.1 Å². The minimum atomic E-state index is -0.853. The fourth-order valence-corrected chi connectivity index (χ4v) is 1.58. The fraction of sp³-hybridized carbons (Fsp3) is 0.214. The van der Waals surface area contributed by atoms with E-state index >= 15 is 0 Å². The van der Waals surface area contributed by atoms with Crippen molar-refractivity contribution in [1.29, 1.82) is 0 Å². The smallest absolute Gasteiger partial charge is 0.378 e. The van der Waals surface area contributed by atoms with Crippen LogP contribution >= 0.6 is 0 Å². The summed E-state index contributed by atoms with van der Waals surface area (Å²) in [4.78, 5) is 11.7. The molecule has 0 bridgehead atoms. The van der Waals surface area contributed by atoms with Gasteiger partial charge >= 0.3 is 5.97 Å². The molecule has 0 aromatic rings. The van der Waals surface area contributed by atoms with Gasteiger partial charge in [-0.15, -0.1) is 0 Å². The lowest BCUT2D eigenvalue weighted by Crippen LogP contribution is -2.34. The summed E-state index contributed by atoms with van der Waals surface area (Å²) in [7, 11) is 0. The first-order valence-corrected chi connectivity index (χ1v) is 5.68. The Balaban J connectivity index is 3.02. The van der Waals surface area contributed by atoms with E-state index in [1.807, 2.05) is 0 Å². The van der Waals surface area contributed by atoms with Gasteiger partial charge in [0.25, 0.3) is 5.76 Å². The Morgan fingerprint density at radius 2 is 1.80 bits per heavy atom. The lowest BCUT2D eigenvalue weighted by atomic mass is 10.2. The molecule has 0 radical (unpaired) electrons. The van der Waals surface area contributed by atoms with E-state index in [1.54, 1.807) is 0 Å². The first kappa shape index (κ1) is 15.4. The van der Waals surface area contributed by atoms with Gasteiger partial charge in [0.05, 0.1) is 25.0 Å². The largest absolute Gasteiger partial charge is 0.498 e. The minimum Gasteiger partial charge on any atom is -0.498 e. The standard InChI is InChI=1S/C14H16O6/c1-5-16-9-10(17-6-2)11-12(18-7-3)13(19-8-4)14(15)20-11/h5-8,10-11H,1-4,9H2. The maximum atomic E-state index is 11.7. The molecule has 2 atom stereocenters. The van der Waals surface area contributed by atoms with E-state index in [9.17, 15) is 4.79 Å². The van der Waals surface area contributed by atoms with Gasteiger partial charge in [-0.25, -0.2) is 4.79 Å². The Morgan fingerprint density at radius 1 is 1.10 bits per heavy atom. The van der Waals surface area contributed by atoms with Crippen molar-refractivity contribution >= 4 is 5.97 Å². The Labute approximate surface area is 117 Å². The highest BCUT2D eigenvalue weighted by Gasteiger charge is 2.43. The molecule has 0 aromatic heterocycles. The van der Waals surface area contributed by atoms with E-state index < -0.39 is 18.2 Å². The van der Waals surface area contributed by atoms with E-state index in [1.165, 1.54) is 12.5 Å². The summed E-state index contributed by atoms with van der Waals surface area (Å²) in [6.45, 7) is 13.8. The number of ether oxygens (including phenoxy) is 5. The number of hydrogen-bond acceptors (Lipinski definition) is 6. The summed E-state index contributed by atoms with van der Waals surface area (Å²) in [6, 6.07) is 0. The van der Waals surface area contributed by atoms with Crippen LogP contribution in [0.25, 0.3) is 0 Å². The van der Waals surface area contributed by atoms with Gasteiger partial charge in [0.1, 0.15) is 6.61 Å². The zero-order chi connectivity index (χ0) is 15.0. The molecule has 0 amide bonds. The Hall–Kier alpha value is -2.63. The molecule has 0 fully saturated rings. The number of carbonyl (C=O) groups excluding carboxylic acids is 1. The van der Waals surface area contributed by atoms with Crippen molar-refractivity contribution in [3.63, 3.8) is 0 Å². The molecule has 1 heterocycles. The van der Waals surface area contributed by atoms with Crippen LogP contribution in [0.5, 0.6) is 0 Å². The molecular weight excluding hydrogens is 264 g/mol. The first-order chi connectivity index (χ1) is 9.69. The molecule has 0 aromatic carbocycles. The summed E-state index contributed by atoms with van der Waals surface area (Å²) < 4.78 is 25.7. The molecule has 108 valence electrons. The van der Waals surface area contributed by atoms with Crippen molar-refractivity contribution in [2.24, 2.45) is 0 Å². The number of rotatable bonds is 10. The van der Waals surface area contributed by atoms with Crippen LogP contribution in [-0.2, 0) is 28.5 Å². The maximum absolute atomic E-state index is 11.7. The molecule has 1 rings (SSSR count). The Bertz CT molecular complexity index is 437. The number of carbonyl (C=O) groups is 1. The molecule has 0 saturated carbocycles. The van der Waals surface area contributed by atoms with Crippen LogP contribution < -0.4 is 0 Å². The van der Waals surface area contributed by atoms with Crippen LogP contribution in [0.2, 0.25) is 0 Å². The molecule has 0 aliphatic carbocycles. The zero-order valence-corrected chi connectivity index (χ0v) is 10.9. The SMILES string of the molecule is C=COCC(OC=C)C1OC(=O)C(OC=C)=C1OC=C. The van der Waals surface area contributed by atoms with Crippen LogP contribution in [-0.4, -0.2) is 24.8 Å². The van der Waals surface area contributed by atoms with Crippen molar-refractivity contribution in [1.82, 2.24) is 0 Å². The van der Waals surface area contributed by atoms with Gasteiger partial charge in [0, 0.05) is 0 Å². The molecule has 6 nitrogen and oxygen atoms in total. The summed E-state index contributed by atoms with van der Waals surface area (Å²) in [5, 5.41) is 0. The summed E-state index contributed by atoms with van der Waals surface area (Å²) in [5.41, 5.74) is 0. The Kier molecular flexibility index (Phi) is 5.96. The number of cyclic esters (lactones) is 1. The van der Waals surface area contributed by atoms with Crippen molar-refractivity contribution < 1.29 is 28.5 Å². The second kappa shape index (κ2) is 7.73. The van der Waals surface area contributed by atoms with Crippen molar-refractivity contribution in [3.05, 3.63) is 62.9 Å². The quantitative estimate of drug-likeness (QED) is 0.451. The molecule has 6 heteroatoms. The van der Waals surface area contributed by atoms with Crippen LogP contribution in [0.1, 0.15) is 0 Å². The predicted molar refractivity (Wildman–Crippen MR) is 70.7 cm³/mol. The lowest BCUT2D eigenvalue weighted by molar-refractivity contribution is -0.148. The highest BCUT2D eigenvalue weighted by atomic mass is 16.6. The topological polar surface area (TPSA) is 63.2 Å². The zero-order valence-electron chi connectivity index (χ0n) is 10.9. The first-order valence-electron chi connectivity index (χ1n) is 5.68. The van der Waals surface area contributed by atoms with Crippen LogP contribution in [0.4, 0.5) is 0 Å². The summed E-state index contributed by atoms with van der Waals surface area (Å²) in [6.07, 6.45) is 3.17. The second-order valence-electron chi connectivity index (χ2n) is 3.43. The van der Waals surface area contributed by atoms with E-state index in [4.69, 9.17) is 23.7 Å². The van der Waals surface area contributed by atoms with Crippen molar-refractivity contribution in [2.45, 2.75) is 12.2 Å². The third kappa shape index (κ3) is 3.44. The molecule has 1 aliphatic heterocycles. The monoisotopic (exact) mass is 280 g/mol. The van der Waals surface area contributed by atoms with Gasteiger partial charge in [0.15, 0.2) is 11.9 Å². The third-order valence-corrected chi connectivity index (χ3v) is 2.30. The van der Waals surface area contributed by atoms with Gasteiger partial charge in [0.2, 0.25) is 6.10 Å². The van der Waals surface area contributed by atoms with E-state index in [0.717, 1.165) is 12.5 Å². The number of esters is 1. The van der Waals surface area contributed by atoms with Crippen LogP contribution in [0.15, 0.2) is 62.9 Å². The highest BCUT2D eigenvalue weighted by molar-refractivity contribution is 5.89. The maximum Gasteiger partial charge on any atom is 0.378 e.